The van der Waals surface area contributed by atoms with Gasteiger partial charge in [0, 0.05) is 22.4 Å². The number of aromatic nitrogens is 1. The van der Waals surface area contributed by atoms with Crippen LogP contribution in [0.1, 0.15) is 35.4 Å². The Morgan fingerprint density at radius 2 is 0.845 bits per heavy atom. The van der Waals surface area contributed by atoms with Crippen molar-refractivity contribution in [1.29, 1.82) is 0 Å². The van der Waals surface area contributed by atoms with E-state index in [1.807, 2.05) is 0 Å². The minimum Gasteiger partial charge on any atom is -0.309 e. The Bertz CT molecular complexity index is 3100. The van der Waals surface area contributed by atoms with Gasteiger partial charge in [0.25, 0.3) is 0 Å². The van der Waals surface area contributed by atoms with Gasteiger partial charge in [-0.2, -0.15) is 0 Å². The van der Waals surface area contributed by atoms with Crippen LogP contribution in [0.15, 0.2) is 218 Å². The Morgan fingerprint density at radius 1 is 0.328 bits per heavy atom. The van der Waals surface area contributed by atoms with Crippen LogP contribution in [0.25, 0.3) is 83.1 Å². The number of nitrogens with zero attached hydrogens (tertiary/aromatic N) is 1. The van der Waals surface area contributed by atoms with Crippen molar-refractivity contribution < 1.29 is 0 Å². The fourth-order valence-corrected chi connectivity index (χ4v) is 9.55. The van der Waals surface area contributed by atoms with Gasteiger partial charge in [-0.05, 0) is 115 Å². The quantitative estimate of drug-likeness (QED) is 0.160. The van der Waals surface area contributed by atoms with Crippen molar-refractivity contribution >= 4 is 21.8 Å². The lowest BCUT2D eigenvalue weighted by atomic mass is 9.69. The van der Waals surface area contributed by atoms with Gasteiger partial charge in [0.1, 0.15) is 0 Å². The van der Waals surface area contributed by atoms with Gasteiger partial charge >= 0.3 is 0 Å². The molecule has 2 unspecified atom stereocenters. The highest BCUT2D eigenvalue weighted by Gasteiger charge is 2.32. The van der Waals surface area contributed by atoms with Gasteiger partial charge in [0.2, 0.25) is 0 Å². The molecular weight excluding hydrogens is 699 g/mol. The summed E-state index contributed by atoms with van der Waals surface area (Å²) >= 11 is 0. The summed E-state index contributed by atoms with van der Waals surface area (Å²) in [6, 6.07) is 80.4. The second-order valence-corrected chi connectivity index (χ2v) is 15.7. The second-order valence-electron chi connectivity index (χ2n) is 15.7. The van der Waals surface area contributed by atoms with E-state index in [4.69, 9.17) is 0 Å². The minimum atomic E-state index is 0.286. The van der Waals surface area contributed by atoms with Crippen molar-refractivity contribution in [3.05, 3.63) is 235 Å². The molecule has 0 amide bonds. The molecule has 0 fully saturated rings. The molecular formula is C57H41N. The van der Waals surface area contributed by atoms with Crippen LogP contribution in [0.4, 0.5) is 0 Å². The number of benzene rings is 9. The Kier molecular flexibility index (Phi) is 8.26. The van der Waals surface area contributed by atoms with E-state index in [1.54, 1.807) is 0 Å². The summed E-state index contributed by atoms with van der Waals surface area (Å²) in [4.78, 5) is 0. The number of para-hydroxylation sites is 1. The van der Waals surface area contributed by atoms with Crippen LogP contribution in [0, 0.1) is 0 Å². The third kappa shape index (κ3) is 5.78. The van der Waals surface area contributed by atoms with E-state index in [-0.39, 0.29) is 5.92 Å². The second kappa shape index (κ2) is 14.1. The van der Waals surface area contributed by atoms with Gasteiger partial charge in [-0.3, -0.25) is 0 Å². The van der Waals surface area contributed by atoms with E-state index >= 15 is 0 Å². The standard InChI is InChI=1S/C57H41N/c1-38-49-33-31-46(36-53(49)50-19-8-9-21-52(50)57(38)44-29-27-42(28-30-44)40-15-6-3-7-16-40)47-32-34-56-54(37-47)51-20-10-11-22-55(51)58(56)48-18-12-17-45(35-48)43-25-23-41(24-26-43)39-13-4-2-5-14-39/h2-38,57H,1H3. The van der Waals surface area contributed by atoms with Crippen molar-refractivity contribution in [2.45, 2.75) is 18.8 Å². The zero-order chi connectivity index (χ0) is 38.6. The van der Waals surface area contributed by atoms with Crippen LogP contribution in [0.2, 0.25) is 0 Å². The molecule has 2 atom stereocenters. The number of hydrogen-bond acceptors (Lipinski definition) is 0. The first-order valence-electron chi connectivity index (χ1n) is 20.4. The molecule has 274 valence electrons. The van der Waals surface area contributed by atoms with Crippen LogP contribution in [0.3, 0.4) is 0 Å². The molecule has 1 heterocycles. The Labute approximate surface area is 340 Å². The maximum Gasteiger partial charge on any atom is 0.0541 e. The molecule has 1 aliphatic rings. The third-order valence-corrected chi connectivity index (χ3v) is 12.4. The monoisotopic (exact) mass is 739 g/mol. The summed E-state index contributed by atoms with van der Waals surface area (Å²) in [5.74, 6) is 0.619. The van der Waals surface area contributed by atoms with Gasteiger partial charge in [0.05, 0.1) is 11.0 Å². The van der Waals surface area contributed by atoms with Gasteiger partial charge in [-0.25, -0.2) is 0 Å². The van der Waals surface area contributed by atoms with Crippen molar-refractivity contribution in [2.75, 3.05) is 0 Å². The van der Waals surface area contributed by atoms with E-state index in [0.717, 1.165) is 5.69 Å². The molecule has 0 aliphatic heterocycles. The number of rotatable bonds is 6. The predicted octanol–water partition coefficient (Wildman–Crippen LogP) is 15.4. The third-order valence-electron chi connectivity index (χ3n) is 12.4. The zero-order valence-corrected chi connectivity index (χ0v) is 32.4. The van der Waals surface area contributed by atoms with Crippen molar-refractivity contribution in [3.8, 4) is 61.3 Å². The van der Waals surface area contributed by atoms with Crippen LogP contribution < -0.4 is 0 Å². The van der Waals surface area contributed by atoms with Gasteiger partial charge < -0.3 is 4.57 Å². The van der Waals surface area contributed by atoms with Gasteiger partial charge in [-0.1, -0.05) is 189 Å². The van der Waals surface area contributed by atoms with Crippen LogP contribution in [-0.4, -0.2) is 4.57 Å². The highest BCUT2D eigenvalue weighted by molar-refractivity contribution is 6.10. The van der Waals surface area contributed by atoms with E-state index in [9.17, 15) is 0 Å². The highest BCUT2D eigenvalue weighted by Crippen LogP contribution is 2.51. The first-order chi connectivity index (χ1) is 28.7. The lowest BCUT2D eigenvalue weighted by molar-refractivity contribution is 0.650. The predicted molar refractivity (Wildman–Crippen MR) is 245 cm³/mol. The number of hydrogen-bond donors (Lipinski definition) is 0. The van der Waals surface area contributed by atoms with Crippen LogP contribution in [0.5, 0.6) is 0 Å². The topological polar surface area (TPSA) is 4.93 Å². The molecule has 1 heteroatoms. The van der Waals surface area contributed by atoms with E-state index in [1.165, 1.54) is 94.1 Å². The van der Waals surface area contributed by atoms with Gasteiger partial charge in [-0.15, -0.1) is 0 Å². The molecule has 0 saturated heterocycles. The summed E-state index contributed by atoms with van der Waals surface area (Å²) in [6.45, 7) is 2.40. The van der Waals surface area contributed by atoms with E-state index < -0.39 is 0 Å². The van der Waals surface area contributed by atoms with Crippen molar-refractivity contribution in [1.82, 2.24) is 4.57 Å². The molecule has 0 spiro atoms. The first-order valence-corrected chi connectivity index (χ1v) is 20.4. The van der Waals surface area contributed by atoms with Crippen molar-refractivity contribution in [3.63, 3.8) is 0 Å². The fraction of sp³-hybridized carbons (Fsp3) is 0.0526. The Morgan fingerprint density at radius 3 is 1.59 bits per heavy atom. The molecule has 0 N–H and O–H groups in total. The fourth-order valence-electron chi connectivity index (χ4n) is 9.55. The molecule has 0 bridgehead atoms. The molecule has 9 aromatic carbocycles. The minimum absolute atomic E-state index is 0.286. The average Bonchev–Trinajstić information content (AvgIpc) is 3.63. The first kappa shape index (κ1) is 34.1. The molecule has 0 radical (unpaired) electrons. The maximum absolute atomic E-state index is 2.44. The van der Waals surface area contributed by atoms with Crippen LogP contribution in [-0.2, 0) is 0 Å². The summed E-state index contributed by atoms with van der Waals surface area (Å²) in [5.41, 5.74) is 20.3. The molecule has 1 nitrogen and oxygen atoms in total. The molecule has 1 aliphatic carbocycles. The average molecular weight is 740 g/mol. The smallest absolute Gasteiger partial charge is 0.0541 e. The SMILES string of the molecule is CC1c2ccc(-c3ccc4c(c3)c3ccccc3n4-c3cccc(-c4ccc(-c5ccccc5)cc4)c3)cc2-c2ccccc2C1c1ccc(-c2ccccc2)cc1. The lowest BCUT2D eigenvalue weighted by Gasteiger charge is -2.34. The van der Waals surface area contributed by atoms with E-state index in [0.29, 0.717) is 5.92 Å². The zero-order valence-electron chi connectivity index (χ0n) is 32.4. The summed E-state index contributed by atoms with van der Waals surface area (Å²) < 4.78 is 2.42. The Hall–Kier alpha value is -7.22. The molecule has 10 aromatic rings. The molecule has 58 heavy (non-hydrogen) atoms. The summed E-state index contributed by atoms with van der Waals surface area (Å²) in [7, 11) is 0. The summed E-state index contributed by atoms with van der Waals surface area (Å²) in [5, 5.41) is 2.52. The van der Waals surface area contributed by atoms with E-state index in [2.05, 4.69) is 230 Å². The van der Waals surface area contributed by atoms with Gasteiger partial charge in [0.15, 0.2) is 0 Å². The van der Waals surface area contributed by atoms with Crippen LogP contribution >= 0.6 is 0 Å². The molecule has 11 rings (SSSR count). The highest BCUT2D eigenvalue weighted by atomic mass is 15.0. The maximum atomic E-state index is 2.44. The number of fused-ring (bicyclic) bond motifs is 6. The molecule has 1 aromatic heterocycles. The normalized spacial score (nSPS) is 14.6. The summed E-state index contributed by atoms with van der Waals surface area (Å²) in [6.07, 6.45) is 0. The van der Waals surface area contributed by atoms with Crippen molar-refractivity contribution in [2.24, 2.45) is 0 Å². The Balaban J connectivity index is 0.955. The molecule has 0 saturated carbocycles. The largest absolute Gasteiger partial charge is 0.309 e. The lowest BCUT2D eigenvalue weighted by Crippen LogP contribution is -2.17.